The molecule has 0 aromatic rings. The van der Waals surface area contributed by atoms with E-state index in [1.165, 1.54) is 7.11 Å². The van der Waals surface area contributed by atoms with Crippen LogP contribution in [0.15, 0.2) is 0 Å². The van der Waals surface area contributed by atoms with Crippen molar-refractivity contribution in [1.29, 1.82) is 0 Å². The molecule has 1 fully saturated rings. The number of rotatable bonds is 6. The molecule has 0 unspecified atom stereocenters. The van der Waals surface area contributed by atoms with Crippen LogP contribution in [0.5, 0.6) is 0 Å². The molecule has 1 heterocycles. The molecule has 1 rings (SSSR count). The van der Waals surface area contributed by atoms with Crippen molar-refractivity contribution in [3.05, 3.63) is 0 Å². The van der Waals surface area contributed by atoms with E-state index in [1.54, 1.807) is 4.31 Å². The number of ether oxygens (including phenoxy) is 1. The van der Waals surface area contributed by atoms with Crippen molar-refractivity contribution in [2.24, 2.45) is 0 Å². The number of nitrogens with zero attached hydrogens (tertiary/aromatic N) is 1. The lowest BCUT2D eigenvalue weighted by atomic mass is 10.1. The Hall–Kier alpha value is -0.170. The maximum absolute atomic E-state index is 12.0. The number of nitrogens with one attached hydrogen (secondary N) is 1. The molecule has 0 bridgehead atoms. The molecule has 0 aromatic heterocycles. The molecule has 6 heteroatoms. The van der Waals surface area contributed by atoms with E-state index in [4.69, 9.17) is 4.74 Å². The maximum atomic E-state index is 12.0. The van der Waals surface area contributed by atoms with Gasteiger partial charge in [0.1, 0.15) is 0 Å². The topological polar surface area (TPSA) is 58.6 Å². The minimum Gasteiger partial charge on any atom is -0.384 e. The lowest BCUT2D eigenvalue weighted by Crippen LogP contribution is -2.47. The minimum atomic E-state index is -3.15. The zero-order chi connectivity index (χ0) is 12.0. The van der Waals surface area contributed by atoms with Gasteiger partial charge in [0.25, 0.3) is 0 Å². The first-order valence-electron chi connectivity index (χ1n) is 5.81. The second kappa shape index (κ2) is 6.54. The molecule has 1 N–H and O–H groups in total. The van der Waals surface area contributed by atoms with Crippen LogP contribution < -0.4 is 5.32 Å². The maximum Gasteiger partial charge on any atom is 0.216 e. The summed E-state index contributed by atoms with van der Waals surface area (Å²) in [4.78, 5) is 0. The van der Waals surface area contributed by atoms with Gasteiger partial charge in [0.2, 0.25) is 10.0 Å². The first kappa shape index (κ1) is 13.9. The third kappa shape index (κ3) is 3.69. The third-order valence-corrected chi connectivity index (χ3v) is 4.88. The lowest BCUT2D eigenvalue weighted by molar-refractivity contribution is 0.212. The second-order valence-corrected chi connectivity index (χ2v) is 6.03. The molecule has 0 atom stereocenters. The number of methoxy groups -OCH3 is 1. The van der Waals surface area contributed by atoms with E-state index in [1.807, 2.05) is 6.92 Å². The van der Waals surface area contributed by atoms with Gasteiger partial charge < -0.3 is 10.1 Å². The van der Waals surface area contributed by atoms with Gasteiger partial charge in [-0.2, -0.15) is 4.31 Å². The Morgan fingerprint density at radius 2 is 2.00 bits per heavy atom. The number of sulfonamides is 1. The Kier molecular flexibility index (Phi) is 5.68. The first-order valence-corrected chi connectivity index (χ1v) is 7.42. The van der Waals surface area contributed by atoms with Crippen LogP contribution in [0.4, 0.5) is 0 Å². The van der Waals surface area contributed by atoms with E-state index in [-0.39, 0.29) is 18.4 Å². The van der Waals surface area contributed by atoms with Gasteiger partial charge in [-0.25, -0.2) is 8.42 Å². The summed E-state index contributed by atoms with van der Waals surface area (Å²) in [7, 11) is -1.63. The van der Waals surface area contributed by atoms with Crippen LogP contribution in [-0.4, -0.2) is 57.9 Å². The zero-order valence-corrected chi connectivity index (χ0v) is 10.9. The Morgan fingerprint density at radius 3 is 2.50 bits per heavy atom. The predicted molar refractivity (Wildman–Crippen MR) is 63.9 cm³/mol. The highest BCUT2D eigenvalue weighted by molar-refractivity contribution is 7.89. The summed E-state index contributed by atoms with van der Waals surface area (Å²) in [5, 5.41) is 3.24. The van der Waals surface area contributed by atoms with Crippen molar-refractivity contribution in [1.82, 2.24) is 9.62 Å². The Balaban J connectivity index is 2.64. The van der Waals surface area contributed by atoms with Crippen LogP contribution in [-0.2, 0) is 14.8 Å². The quantitative estimate of drug-likeness (QED) is 0.723. The molecule has 16 heavy (non-hydrogen) atoms. The zero-order valence-electron chi connectivity index (χ0n) is 10.1. The van der Waals surface area contributed by atoms with Gasteiger partial charge in [-0.1, -0.05) is 6.92 Å². The summed E-state index contributed by atoms with van der Waals surface area (Å²) in [6, 6.07) is 0.160. The molecule has 1 aliphatic rings. The smallest absolute Gasteiger partial charge is 0.216 e. The fraction of sp³-hybridized carbons (Fsp3) is 1.00. The second-order valence-electron chi connectivity index (χ2n) is 3.99. The fourth-order valence-corrected chi connectivity index (χ4v) is 3.75. The van der Waals surface area contributed by atoms with E-state index in [2.05, 4.69) is 5.32 Å². The summed E-state index contributed by atoms with van der Waals surface area (Å²) in [6.45, 7) is 4.52. The van der Waals surface area contributed by atoms with E-state index in [0.29, 0.717) is 6.54 Å². The highest BCUT2D eigenvalue weighted by Crippen LogP contribution is 2.16. The molecule has 0 radical (unpaired) electrons. The third-order valence-electron chi connectivity index (χ3n) is 2.93. The van der Waals surface area contributed by atoms with Crippen LogP contribution in [0.25, 0.3) is 0 Å². The summed E-state index contributed by atoms with van der Waals surface area (Å²) in [5.74, 6) is 0.0846. The highest BCUT2D eigenvalue weighted by atomic mass is 32.2. The number of piperidine rings is 1. The van der Waals surface area contributed by atoms with Crippen molar-refractivity contribution in [3.63, 3.8) is 0 Å². The predicted octanol–water partition coefficient (Wildman–Crippen LogP) is 0.0365. The molecule has 0 saturated carbocycles. The lowest BCUT2D eigenvalue weighted by Gasteiger charge is -2.32. The van der Waals surface area contributed by atoms with Gasteiger partial charge in [-0.05, 0) is 25.9 Å². The van der Waals surface area contributed by atoms with Crippen LogP contribution in [0.2, 0.25) is 0 Å². The van der Waals surface area contributed by atoms with Crippen LogP contribution >= 0.6 is 0 Å². The molecule has 5 nitrogen and oxygen atoms in total. The Bertz CT molecular complexity index is 286. The summed E-state index contributed by atoms with van der Waals surface area (Å²) < 4.78 is 30.6. The standard InChI is InChI=1S/C10H22N2O3S/c1-3-12(10-4-6-11-7-5-10)16(13,14)9-8-15-2/h10-11H,3-9H2,1-2H3. The molecule has 1 aliphatic heterocycles. The van der Waals surface area contributed by atoms with Gasteiger partial charge in [-0.3, -0.25) is 0 Å². The van der Waals surface area contributed by atoms with Gasteiger partial charge >= 0.3 is 0 Å². The van der Waals surface area contributed by atoms with Crippen molar-refractivity contribution < 1.29 is 13.2 Å². The largest absolute Gasteiger partial charge is 0.384 e. The van der Waals surface area contributed by atoms with Crippen molar-refractivity contribution in [2.45, 2.75) is 25.8 Å². The van der Waals surface area contributed by atoms with Crippen LogP contribution in [0, 0.1) is 0 Å². The summed E-state index contributed by atoms with van der Waals surface area (Å²) in [6.07, 6.45) is 1.81. The average Bonchev–Trinajstić information content (AvgIpc) is 2.28. The van der Waals surface area contributed by atoms with Crippen LogP contribution in [0.3, 0.4) is 0 Å². The van der Waals surface area contributed by atoms with Gasteiger partial charge in [0.15, 0.2) is 0 Å². The molecule has 0 aromatic carbocycles. The molecule has 0 amide bonds. The van der Waals surface area contributed by atoms with E-state index in [0.717, 1.165) is 25.9 Å². The van der Waals surface area contributed by atoms with E-state index >= 15 is 0 Å². The van der Waals surface area contributed by atoms with E-state index in [9.17, 15) is 8.42 Å². The highest BCUT2D eigenvalue weighted by Gasteiger charge is 2.29. The van der Waals surface area contributed by atoms with Gasteiger partial charge in [0, 0.05) is 19.7 Å². The number of hydrogen-bond donors (Lipinski definition) is 1. The van der Waals surface area contributed by atoms with Crippen molar-refractivity contribution in [2.75, 3.05) is 39.1 Å². The average molecular weight is 250 g/mol. The summed E-state index contributed by atoms with van der Waals surface area (Å²) >= 11 is 0. The molecular weight excluding hydrogens is 228 g/mol. The summed E-state index contributed by atoms with van der Waals surface area (Å²) in [5.41, 5.74) is 0. The first-order chi connectivity index (χ1) is 7.61. The fourth-order valence-electron chi connectivity index (χ4n) is 2.08. The number of hydrogen-bond acceptors (Lipinski definition) is 4. The van der Waals surface area contributed by atoms with E-state index < -0.39 is 10.0 Å². The monoisotopic (exact) mass is 250 g/mol. The molecule has 0 spiro atoms. The molecular formula is C10H22N2O3S. The molecule has 1 saturated heterocycles. The Labute approximate surface area is 98.2 Å². The SMILES string of the molecule is CCN(C1CCNCC1)S(=O)(=O)CCOC. The van der Waals surface area contributed by atoms with Crippen LogP contribution in [0.1, 0.15) is 19.8 Å². The van der Waals surface area contributed by atoms with Crippen molar-refractivity contribution >= 4 is 10.0 Å². The normalized spacial score (nSPS) is 19.2. The van der Waals surface area contributed by atoms with Crippen molar-refractivity contribution in [3.8, 4) is 0 Å². The van der Waals surface area contributed by atoms with Gasteiger partial charge in [-0.15, -0.1) is 0 Å². The molecule has 0 aliphatic carbocycles. The molecule has 96 valence electrons. The minimum absolute atomic E-state index is 0.0846. The van der Waals surface area contributed by atoms with Gasteiger partial charge in [0.05, 0.1) is 12.4 Å². The Morgan fingerprint density at radius 1 is 1.38 bits per heavy atom.